The number of amides is 4. The van der Waals surface area contributed by atoms with Crippen molar-refractivity contribution in [1.82, 2.24) is 20.1 Å². The lowest BCUT2D eigenvalue weighted by molar-refractivity contribution is -0.140. The van der Waals surface area contributed by atoms with Crippen LogP contribution >= 0.6 is 0 Å². The van der Waals surface area contributed by atoms with Crippen molar-refractivity contribution in [3.63, 3.8) is 0 Å². The number of nitrogens with one attached hydrogen (secondary N) is 2. The Bertz CT molecular complexity index is 1310. The molecule has 188 valence electrons. The highest BCUT2D eigenvalue weighted by Gasteiger charge is 2.60. The summed E-state index contributed by atoms with van der Waals surface area (Å²) in [5.41, 5.74) is 2.76. The van der Waals surface area contributed by atoms with Crippen LogP contribution in [0.5, 0.6) is 0 Å². The molecule has 4 amide bonds. The zero-order valence-corrected chi connectivity index (χ0v) is 21.4. The Balaban J connectivity index is 1.44. The summed E-state index contributed by atoms with van der Waals surface area (Å²) in [5, 5.41) is 4.11. The van der Waals surface area contributed by atoms with Crippen molar-refractivity contribution in [2.75, 3.05) is 13.1 Å². The van der Waals surface area contributed by atoms with Gasteiger partial charge in [0.25, 0.3) is 5.91 Å². The minimum Gasteiger partial charge on any atom is -0.356 e. The first-order valence-corrected chi connectivity index (χ1v) is 12.8. The number of carbonyl (C=O) groups is 3. The number of carbonyl (C=O) groups excluding carboxylic acids is 3. The van der Waals surface area contributed by atoms with E-state index in [0.717, 1.165) is 27.7 Å². The predicted octanol–water partition coefficient (Wildman–Crippen LogP) is 4.54. The lowest BCUT2D eigenvalue weighted by Crippen LogP contribution is -2.52. The maximum atomic E-state index is 14.1. The highest BCUT2D eigenvalue weighted by molar-refractivity contribution is 6.11. The Kier molecular flexibility index (Phi) is 6.10. The number of rotatable bonds is 7. The number of aromatic nitrogens is 1. The second-order valence-electron chi connectivity index (χ2n) is 10.7. The zero-order valence-electron chi connectivity index (χ0n) is 21.4. The maximum absolute atomic E-state index is 14.1. The van der Waals surface area contributed by atoms with Crippen LogP contribution in [0, 0.1) is 5.92 Å². The van der Waals surface area contributed by atoms with E-state index >= 15 is 0 Å². The number of nitrogens with zero attached hydrogens (tertiary/aromatic N) is 2. The number of fused-ring (bicyclic) bond motifs is 5. The lowest BCUT2D eigenvalue weighted by atomic mass is 9.86. The molecule has 0 unspecified atom stereocenters. The fourth-order valence-electron chi connectivity index (χ4n) is 5.74. The van der Waals surface area contributed by atoms with Gasteiger partial charge in [-0.25, -0.2) is 9.69 Å². The van der Waals surface area contributed by atoms with Crippen LogP contribution in [0.1, 0.15) is 56.9 Å². The SMILES string of the molecule is CC(C)C[C@@H](C(=O)NC[C@@H](C)c1ccccc1)N1C(=O)N2CCc3c([nH]c4ccccc34)[C@@]2(C)C1=O. The molecule has 36 heavy (non-hydrogen) atoms. The first kappa shape index (κ1) is 24.1. The Morgan fingerprint density at radius 1 is 1.06 bits per heavy atom. The van der Waals surface area contributed by atoms with Crippen LogP contribution in [0.3, 0.4) is 0 Å². The van der Waals surface area contributed by atoms with Gasteiger partial charge in [-0.1, -0.05) is 69.3 Å². The maximum Gasteiger partial charge on any atom is 0.328 e. The number of urea groups is 1. The molecular formula is C29H34N4O3. The Morgan fingerprint density at radius 3 is 2.47 bits per heavy atom. The third kappa shape index (κ3) is 3.77. The van der Waals surface area contributed by atoms with E-state index in [0.29, 0.717) is 25.9 Å². The topological polar surface area (TPSA) is 85.5 Å². The quantitative estimate of drug-likeness (QED) is 0.481. The second-order valence-corrected chi connectivity index (χ2v) is 10.7. The summed E-state index contributed by atoms with van der Waals surface area (Å²) < 4.78 is 0. The molecule has 0 aliphatic carbocycles. The smallest absolute Gasteiger partial charge is 0.328 e. The Labute approximate surface area is 211 Å². The number of H-pyrrole nitrogens is 1. The van der Waals surface area contributed by atoms with Crippen LogP contribution in [-0.2, 0) is 21.5 Å². The molecule has 2 aromatic carbocycles. The summed E-state index contributed by atoms with van der Waals surface area (Å²) in [6, 6.07) is 16.7. The summed E-state index contributed by atoms with van der Waals surface area (Å²) in [7, 11) is 0. The normalized spacial score (nSPS) is 21.0. The largest absolute Gasteiger partial charge is 0.356 e. The lowest BCUT2D eigenvalue weighted by Gasteiger charge is -2.36. The molecule has 1 saturated heterocycles. The van der Waals surface area contributed by atoms with Crippen molar-refractivity contribution >= 4 is 28.7 Å². The molecule has 3 heterocycles. The highest BCUT2D eigenvalue weighted by atomic mass is 16.2. The van der Waals surface area contributed by atoms with Gasteiger partial charge in [-0.2, -0.15) is 0 Å². The third-order valence-electron chi connectivity index (χ3n) is 7.76. The van der Waals surface area contributed by atoms with E-state index in [1.807, 2.05) is 75.4 Å². The first-order chi connectivity index (χ1) is 17.2. The van der Waals surface area contributed by atoms with Gasteiger partial charge in [0.15, 0.2) is 5.54 Å². The molecule has 2 aliphatic heterocycles. The van der Waals surface area contributed by atoms with Crippen LogP contribution in [0.2, 0.25) is 0 Å². The molecule has 0 saturated carbocycles. The molecule has 2 N–H and O–H groups in total. The van der Waals surface area contributed by atoms with Gasteiger partial charge in [-0.15, -0.1) is 0 Å². The van der Waals surface area contributed by atoms with Crippen molar-refractivity contribution in [3.05, 3.63) is 71.4 Å². The fourth-order valence-corrected chi connectivity index (χ4v) is 5.74. The molecule has 5 rings (SSSR count). The third-order valence-corrected chi connectivity index (χ3v) is 7.76. The van der Waals surface area contributed by atoms with Crippen LogP contribution in [0.25, 0.3) is 10.9 Å². The standard InChI is InChI=1S/C29H34N4O3/c1-18(2)16-24(26(34)30-17-19(3)20-10-6-5-7-11-20)33-27(35)29(4)25-22(14-15-32(29)28(33)36)21-12-8-9-13-23(21)31-25/h5-13,18-19,24,31H,14-17H2,1-4H3,(H,30,34)/t19-,24+,29+/m1/s1. The summed E-state index contributed by atoms with van der Waals surface area (Å²) in [6.45, 7) is 8.74. The van der Waals surface area contributed by atoms with Gasteiger partial charge in [0.2, 0.25) is 5.91 Å². The molecule has 2 aliphatic rings. The Morgan fingerprint density at radius 2 is 1.75 bits per heavy atom. The van der Waals surface area contributed by atoms with Gasteiger partial charge in [0.05, 0.1) is 5.69 Å². The van der Waals surface area contributed by atoms with Crippen molar-refractivity contribution in [2.24, 2.45) is 5.92 Å². The summed E-state index contributed by atoms with van der Waals surface area (Å²) >= 11 is 0. The molecule has 3 aromatic rings. The van der Waals surface area contributed by atoms with E-state index in [1.165, 1.54) is 4.90 Å². The number of aromatic amines is 1. The van der Waals surface area contributed by atoms with E-state index in [9.17, 15) is 14.4 Å². The zero-order chi connectivity index (χ0) is 25.6. The van der Waals surface area contributed by atoms with E-state index in [-0.39, 0.29) is 29.7 Å². The Hall–Kier alpha value is -3.61. The monoisotopic (exact) mass is 486 g/mol. The fraction of sp³-hybridized carbons (Fsp3) is 0.414. The van der Waals surface area contributed by atoms with E-state index in [2.05, 4.69) is 17.2 Å². The molecule has 3 atom stereocenters. The van der Waals surface area contributed by atoms with Crippen molar-refractivity contribution in [1.29, 1.82) is 0 Å². The second kappa shape index (κ2) is 9.12. The van der Waals surface area contributed by atoms with E-state index in [4.69, 9.17) is 0 Å². The van der Waals surface area contributed by atoms with Gasteiger partial charge in [-0.05, 0) is 48.8 Å². The summed E-state index contributed by atoms with van der Waals surface area (Å²) in [4.78, 5) is 47.6. The number of hydrogen-bond donors (Lipinski definition) is 2. The van der Waals surface area contributed by atoms with Crippen LogP contribution in [0.15, 0.2) is 54.6 Å². The number of imide groups is 1. The molecule has 7 nitrogen and oxygen atoms in total. The average molecular weight is 487 g/mol. The van der Waals surface area contributed by atoms with E-state index in [1.54, 1.807) is 4.90 Å². The number of para-hydroxylation sites is 1. The molecular weight excluding hydrogens is 452 g/mol. The van der Waals surface area contributed by atoms with Gasteiger partial charge in [0, 0.05) is 24.0 Å². The van der Waals surface area contributed by atoms with Gasteiger partial charge in [0.1, 0.15) is 6.04 Å². The number of benzene rings is 2. The van der Waals surface area contributed by atoms with Gasteiger partial charge >= 0.3 is 6.03 Å². The van der Waals surface area contributed by atoms with Crippen molar-refractivity contribution < 1.29 is 14.4 Å². The van der Waals surface area contributed by atoms with Crippen LogP contribution in [-0.4, -0.2) is 51.8 Å². The van der Waals surface area contributed by atoms with Crippen LogP contribution < -0.4 is 5.32 Å². The van der Waals surface area contributed by atoms with Crippen molar-refractivity contribution in [2.45, 2.75) is 58.0 Å². The summed E-state index contributed by atoms with van der Waals surface area (Å²) in [6.07, 6.45) is 1.07. The number of hydrogen-bond acceptors (Lipinski definition) is 3. The molecule has 1 fully saturated rings. The van der Waals surface area contributed by atoms with Crippen LogP contribution in [0.4, 0.5) is 4.79 Å². The molecule has 0 radical (unpaired) electrons. The molecule has 1 aromatic heterocycles. The van der Waals surface area contributed by atoms with Gasteiger partial charge < -0.3 is 15.2 Å². The average Bonchev–Trinajstić information content (AvgIpc) is 3.35. The van der Waals surface area contributed by atoms with E-state index < -0.39 is 11.6 Å². The molecule has 0 spiro atoms. The minimum atomic E-state index is -1.16. The minimum absolute atomic E-state index is 0.109. The molecule has 0 bridgehead atoms. The van der Waals surface area contributed by atoms with Gasteiger partial charge in [-0.3, -0.25) is 9.59 Å². The summed E-state index contributed by atoms with van der Waals surface area (Å²) in [5.74, 6) is -0.384. The highest BCUT2D eigenvalue weighted by Crippen LogP contribution is 2.45. The molecule has 7 heteroatoms. The predicted molar refractivity (Wildman–Crippen MR) is 139 cm³/mol. The van der Waals surface area contributed by atoms with Crippen molar-refractivity contribution in [3.8, 4) is 0 Å². The first-order valence-electron chi connectivity index (χ1n) is 12.8.